The zero-order chi connectivity index (χ0) is 23.3. The molecule has 0 radical (unpaired) electrons. The number of hydrogen-bond acceptors (Lipinski definition) is 6. The Labute approximate surface area is 189 Å². The zero-order valence-electron chi connectivity index (χ0n) is 18.3. The third-order valence-electron chi connectivity index (χ3n) is 4.70. The minimum Gasteiger partial charge on any atom is -0.383 e. The SMILES string of the molecule is COCCNC(=O)c1ccc(C(=O)NN=C(C)c2c(C)[nH]n(-c3ccc(C)cc3)c2=O)s1. The van der Waals surface area contributed by atoms with Crippen LogP contribution in [0.15, 0.2) is 46.3 Å². The number of nitrogens with one attached hydrogen (secondary N) is 3. The van der Waals surface area contributed by atoms with Crippen molar-refractivity contribution in [1.82, 2.24) is 20.5 Å². The maximum Gasteiger partial charge on any atom is 0.281 e. The van der Waals surface area contributed by atoms with E-state index < -0.39 is 5.91 Å². The van der Waals surface area contributed by atoms with Crippen LogP contribution >= 0.6 is 11.3 Å². The number of methoxy groups -OCH3 is 1. The Bertz CT molecular complexity index is 1200. The third kappa shape index (κ3) is 5.21. The number of rotatable bonds is 8. The number of nitrogens with zero attached hydrogens (tertiary/aromatic N) is 2. The molecule has 2 aromatic heterocycles. The molecule has 2 heterocycles. The summed E-state index contributed by atoms with van der Waals surface area (Å²) in [7, 11) is 1.55. The highest BCUT2D eigenvalue weighted by atomic mass is 32.1. The Kier molecular flexibility index (Phi) is 7.39. The van der Waals surface area contributed by atoms with Gasteiger partial charge in [-0.2, -0.15) is 5.10 Å². The topological polar surface area (TPSA) is 118 Å². The van der Waals surface area contributed by atoms with Crippen LogP contribution in [-0.2, 0) is 4.74 Å². The van der Waals surface area contributed by atoms with Crippen LogP contribution in [0.25, 0.3) is 5.69 Å². The lowest BCUT2D eigenvalue weighted by molar-refractivity contribution is 0.0939. The lowest BCUT2D eigenvalue weighted by Gasteiger charge is -2.02. The molecular formula is C22H25N5O4S. The number of ether oxygens (including phenoxy) is 1. The van der Waals surface area contributed by atoms with Gasteiger partial charge in [-0.15, -0.1) is 11.3 Å². The second kappa shape index (κ2) is 10.2. The summed E-state index contributed by atoms with van der Waals surface area (Å²) in [6.45, 7) is 6.19. The minimum absolute atomic E-state index is 0.256. The average Bonchev–Trinajstić information content (AvgIpc) is 3.37. The summed E-state index contributed by atoms with van der Waals surface area (Å²) >= 11 is 1.06. The standard InChI is InChI=1S/C22H25N5O4S/c1-13-5-7-16(8-6-13)27-22(30)19(15(3)26-27)14(2)24-25-21(29)18-10-9-17(32-18)20(28)23-11-12-31-4/h5-10,26H,11-12H2,1-4H3,(H,23,28)(H,25,29). The van der Waals surface area contributed by atoms with Crippen molar-refractivity contribution >= 4 is 28.9 Å². The van der Waals surface area contributed by atoms with Gasteiger partial charge in [-0.3, -0.25) is 19.5 Å². The summed E-state index contributed by atoms with van der Waals surface area (Å²) in [6, 6.07) is 10.7. The first-order chi connectivity index (χ1) is 15.3. The molecule has 0 bridgehead atoms. The highest BCUT2D eigenvalue weighted by molar-refractivity contribution is 7.15. The molecule has 0 aliphatic rings. The molecule has 3 aromatic rings. The molecule has 3 N–H and O–H groups in total. The molecular weight excluding hydrogens is 430 g/mol. The molecule has 0 aliphatic carbocycles. The van der Waals surface area contributed by atoms with Gasteiger partial charge in [-0.05, 0) is 45.0 Å². The number of H-pyrrole nitrogens is 1. The molecule has 10 heteroatoms. The predicted molar refractivity (Wildman–Crippen MR) is 124 cm³/mol. The maximum absolute atomic E-state index is 12.9. The summed E-state index contributed by atoms with van der Waals surface area (Å²) in [5.41, 5.74) is 5.40. The smallest absolute Gasteiger partial charge is 0.281 e. The van der Waals surface area contributed by atoms with Crippen LogP contribution < -0.4 is 16.3 Å². The highest BCUT2D eigenvalue weighted by Gasteiger charge is 2.17. The van der Waals surface area contributed by atoms with Gasteiger partial charge < -0.3 is 10.1 Å². The van der Waals surface area contributed by atoms with Crippen molar-refractivity contribution in [2.45, 2.75) is 20.8 Å². The number of thiophene rings is 1. The number of amides is 2. The van der Waals surface area contributed by atoms with Gasteiger partial charge in [-0.25, -0.2) is 10.1 Å². The van der Waals surface area contributed by atoms with E-state index in [1.165, 1.54) is 4.68 Å². The van der Waals surface area contributed by atoms with Crippen LogP contribution in [0, 0.1) is 13.8 Å². The van der Waals surface area contributed by atoms with E-state index in [0.717, 1.165) is 16.9 Å². The van der Waals surface area contributed by atoms with Gasteiger partial charge in [0.15, 0.2) is 0 Å². The van der Waals surface area contributed by atoms with Crippen LogP contribution in [0.1, 0.15) is 43.1 Å². The first kappa shape index (κ1) is 23.2. The molecule has 0 saturated heterocycles. The molecule has 168 valence electrons. The Morgan fingerprint density at radius 3 is 2.41 bits per heavy atom. The normalized spacial score (nSPS) is 11.4. The molecule has 0 unspecified atom stereocenters. The lowest BCUT2D eigenvalue weighted by Crippen LogP contribution is -2.26. The monoisotopic (exact) mass is 455 g/mol. The number of carbonyl (C=O) groups excluding carboxylic acids is 2. The molecule has 3 rings (SSSR count). The molecule has 0 aliphatic heterocycles. The molecule has 0 spiro atoms. The highest BCUT2D eigenvalue weighted by Crippen LogP contribution is 2.16. The van der Waals surface area contributed by atoms with Crippen LogP contribution in [-0.4, -0.2) is 47.6 Å². The minimum atomic E-state index is -0.461. The second-order valence-electron chi connectivity index (χ2n) is 7.14. The van der Waals surface area contributed by atoms with Crippen molar-refractivity contribution in [2.24, 2.45) is 5.10 Å². The average molecular weight is 456 g/mol. The van der Waals surface area contributed by atoms with Crippen LogP contribution in [0.4, 0.5) is 0 Å². The van der Waals surface area contributed by atoms with Gasteiger partial charge in [-0.1, -0.05) is 17.7 Å². The molecule has 9 nitrogen and oxygen atoms in total. The summed E-state index contributed by atoms with van der Waals surface area (Å²) in [5, 5.41) is 9.85. The fourth-order valence-corrected chi connectivity index (χ4v) is 3.84. The van der Waals surface area contributed by atoms with E-state index in [4.69, 9.17) is 4.74 Å². The molecule has 0 saturated carbocycles. The maximum atomic E-state index is 12.9. The van der Waals surface area contributed by atoms with E-state index >= 15 is 0 Å². The number of aromatic amines is 1. The van der Waals surface area contributed by atoms with Crippen LogP contribution in [0.2, 0.25) is 0 Å². The van der Waals surface area contributed by atoms with Crippen molar-refractivity contribution in [2.75, 3.05) is 20.3 Å². The van der Waals surface area contributed by atoms with E-state index in [9.17, 15) is 14.4 Å². The quantitative estimate of drug-likeness (QED) is 0.275. The van der Waals surface area contributed by atoms with Crippen molar-refractivity contribution in [3.8, 4) is 5.69 Å². The van der Waals surface area contributed by atoms with Crippen LogP contribution in [0.5, 0.6) is 0 Å². The fraction of sp³-hybridized carbons (Fsp3) is 0.273. The molecule has 0 atom stereocenters. The summed E-state index contributed by atoms with van der Waals surface area (Å²) in [4.78, 5) is 38.2. The third-order valence-corrected chi connectivity index (χ3v) is 5.78. The van der Waals surface area contributed by atoms with E-state index in [2.05, 4.69) is 20.9 Å². The number of aromatic nitrogens is 2. The van der Waals surface area contributed by atoms with E-state index in [-0.39, 0.29) is 11.5 Å². The number of carbonyl (C=O) groups is 2. The molecule has 32 heavy (non-hydrogen) atoms. The Morgan fingerprint density at radius 1 is 1.09 bits per heavy atom. The van der Waals surface area contributed by atoms with E-state index in [0.29, 0.717) is 45.6 Å². The van der Waals surface area contributed by atoms with Gasteiger partial charge in [0.2, 0.25) is 0 Å². The predicted octanol–water partition coefficient (Wildman–Crippen LogP) is 2.37. The number of hydrazone groups is 1. The summed E-state index contributed by atoms with van der Waals surface area (Å²) in [6.07, 6.45) is 0. The molecule has 1 aromatic carbocycles. The molecule has 0 fully saturated rings. The van der Waals surface area contributed by atoms with Gasteiger partial charge in [0, 0.05) is 19.3 Å². The molecule has 2 amide bonds. The van der Waals surface area contributed by atoms with E-state index in [1.807, 2.05) is 31.2 Å². The Balaban J connectivity index is 1.72. The van der Waals surface area contributed by atoms with Gasteiger partial charge in [0.1, 0.15) is 0 Å². The van der Waals surface area contributed by atoms with Gasteiger partial charge >= 0.3 is 0 Å². The van der Waals surface area contributed by atoms with Crippen molar-refractivity contribution in [3.63, 3.8) is 0 Å². The Morgan fingerprint density at radius 2 is 1.75 bits per heavy atom. The van der Waals surface area contributed by atoms with Crippen molar-refractivity contribution < 1.29 is 14.3 Å². The van der Waals surface area contributed by atoms with Gasteiger partial charge in [0.25, 0.3) is 17.4 Å². The van der Waals surface area contributed by atoms with Gasteiger partial charge in [0.05, 0.1) is 33.3 Å². The zero-order valence-corrected chi connectivity index (χ0v) is 19.1. The number of benzene rings is 1. The van der Waals surface area contributed by atoms with Crippen molar-refractivity contribution in [3.05, 3.63) is 73.3 Å². The number of aryl methyl sites for hydroxylation is 2. The largest absolute Gasteiger partial charge is 0.383 e. The van der Waals surface area contributed by atoms with Crippen LogP contribution in [0.3, 0.4) is 0 Å². The van der Waals surface area contributed by atoms with E-state index in [1.54, 1.807) is 33.1 Å². The first-order valence-corrected chi connectivity index (χ1v) is 10.7. The lowest BCUT2D eigenvalue weighted by atomic mass is 10.2. The fourth-order valence-electron chi connectivity index (χ4n) is 3.03. The summed E-state index contributed by atoms with van der Waals surface area (Å²) < 4.78 is 6.34. The Hall–Kier alpha value is -3.50. The first-order valence-electron chi connectivity index (χ1n) is 9.92. The second-order valence-corrected chi connectivity index (χ2v) is 8.22. The van der Waals surface area contributed by atoms with Crippen molar-refractivity contribution in [1.29, 1.82) is 0 Å². The number of hydrogen-bond donors (Lipinski definition) is 3. The summed E-state index contributed by atoms with van der Waals surface area (Å²) in [5.74, 6) is -0.734.